The van der Waals surface area contributed by atoms with Gasteiger partial charge in [0, 0.05) is 24.2 Å². The summed E-state index contributed by atoms with van der Waals surface area (Å²) >= 11 is 0. The largest absolute Gasteiger partial charge is 0.296 e. The highest BCUT2D eigenvalue weighted by Crippen LogP contribution is 2.41. The van der Waals surface area contributed by atoms with Crippen molar-refractivity contribution in [2.45, 2.75) is 18.9 Å². The molecule has 112 valence electrons. The van der Waals surface area contributed by atoms with E-state index < -0.39 is 0 Å². The van der Waals surface area contributed by atoms with Crippen LogP contribution in [0, 0.1) is 11.8 Å². The zero-order chi connectivity index (χ0) is 15.1. The molecule has 4 heterocycles. The van der Waals surface area contributed by atoms with E-state index in [2.05, 4.69) is 53.4 Å². The fraction of sp³-hybridized carbons (Fsp3) is 0.350. The van der Waals surface area contributed by atoms with Gasteiger partial charge in [-0.25, -0.2) is 0 Å². The molecule has 0 amide bonds. The molecule has 2 heteroatoms. The summed E-state index contributed by atoms with van der Waals surface area (Å²) in [6, 6.07) is 11.0. The Bertz CT molecular complexity index is 728. The predicted octanol–water partition coefficient (Wildman–Crippen LogP) is 4.14. The predicted molar refractivity (Wildman–Crippen MR) is 92.5 cm³/mol. The molecule has 2 nitrogen and oxygen atoms in total. The molecule has 0 spiro atoms. The number of para-hydroxylation sites is 1. The van der Waals surface area contributed by atoms with E-state index in [0.717, 1.165) is 18.0 Å². The average Bonchev–Trinajstić information content (AvgIpc) is 2.60. The Labute approximate surface area is 132 Å². The standard InChI is InChI=1S/C20H22N2/c1-3-15-13-22-11-9-16(15)12-20(22)14(2)17-8-10-21-19-7-5-4-6-18(17)19/h3-8,10,15-16,20H,1-2,9,11-13H2. The second-order valence-corrected chi connectivity index (χ2v) is 6.60. The highest BCUT2D eigenvalue weighted by molar-refractivity contribution is 5.92. The first-order chi connectivity index (χ1) is 10.8. The summed E-state index contributed by atoms with van der Waals surface area (Å²) in [7, 11) is 0. The second kappa shape index (κ2) is 5.36. The number of nitrogens with zero attached hydrogens (tertiary/aromatic N) is 2. The Balaban J connectivity index is 1.69. The third-order valence-electron chi connectivity index (χ3n) is 5.50. The summed E-state index contributed by atoms with van der Waals surface area (Å²) < 4.78 is 0. The van der Waals surface area contributed by atoms with Crippen LogP contribution in [0.15, 0.2) is 55.8 Å². The van der Waals surface area contributed by atoms with Crippen molar-refractivity contribution in [3.8, 4) is 0 Å². The van der Waals surface area contributed by atoms with Crippen molar-refractivity contribution >= 4 is 16.5 Å². The van der Waals surface area contributed by atoms with Crippen LogP contribution >= 0.6 is 0 Å². The first-order valence-corrected chi connectivity index (χ1v) is 8.17. The number of pyridine rings is 1. The Morgan fingerprint density at radius 2 is 2.14 bits per heavy atom. The van der Waals surface area contributed by atoms with E-state index in [4.69, 9.17) is 0 Å². The van der Waals surface area contributed by atoms with E-state index in [0.29, 0.717) is 12.0 Å². The fourth-order valence-electron chi connectivity index (χ4n) is 4.25. The first-order valence-electron chi connectivity index (χ1n) is 8.17. The van der Waals surface area contributed by atoms with Gasteiger partial charge in [-0.15, -0.1) is 6.58 Å². The molecule has 1 aromatic heterocycles. The van der Waals surface area contributed by atoms with Crippen LogP contribution in [0.4, 0.5) is 0 Å². The lowest BCUT2D eigenvalue weighted by atomic mass is 9.73. The van der Waals surface area contributed by atoms with Crippen molar-refractivity contribution in [3.63, 3.8) is 0 Å². The van der Waals surface area contributed by atoms with Crippen LogP contribution in [0.1, 0.15) is 18.4 Å². The van der Waals surface area contributed by atoms with Gasteiger partial charge in [0.2, 0.25) is 0 Å². The fourth-order valence-corrected chi connectivity index (χ4v) is 4.25. The quantitative estimate of drug-likeness (QED) is 0.790. The number of piperidine rings is 3. The molecule has 4 atom stereocenters. The van der Waals surface area contributed by atoms with Crippen molar-refractivity contribution < 1.29 is 0 Å². The molecule has 2 bridgehead atoms. The van der Waals surface area contributed by atoms with E-state index >= 15 is 0 Å². The highest BCUT2D eigenvalue weighted by Gasteiger charge is 2.40. The second-order valence-electron chi connectivity index (χ2n) is 6.60. The first kappa shape index (κ1) is 13.7. The summed E-state index contributed by atoms with van der Waals surface area (Å²) in [5.41, 5.74) is 3.57. The smallest absolute Gasteiger partial charge is 0.0708 e. The van der Waals surface area contributed by atoms with Crippen molar-refractivity contribution in [1.82, 2.24) is 9.88 Å². The summed E-state index contributed by atoms with van der Waals surface area (Å²) in [6.45, 7) is 10.8. The van der Waals surface area contributed by atoms with Gasteiger partial charge in [-0.3, -0.25) is 9.88 Å². The van der Waals surface area contributed by atoms with Crippen molar-refractivity contribution in [2.24, 2.45) is 11.8 Å². The lowest BCUT2D eigenvalue weighted by molar-refractivity contribution is 0.0447. The number of hydrogen-bond donors (Lipinski definition) is 0. The van der Waals surface area contributed by atoms with Crippen molar-refractivity contribution in [2.75, 3.05) is 13.1 Å². The molecule has 22 heavy (non-hydrogen) atoms. The molecule has 5 rings (SSSR count). The van der Waals surface area contributed by atoms with Crippen LogP contribution in [0.3, 0.4) is 0 Å². The van der Waals surface area contributed by atoms with E-state index in [1.807, 2.05) is 12.3 Å². The minimum atomic E-state index is 0.473. The van der Waals surface area contributed by atoms with Crippen LogP contribution in [0.5, 0.6) is 0 Å². The van der Waals surface area contributed by atoms with Gasteiger partial charge >= 0.3 is 0 Å². The molecule has 3 aliphatic rings. The summed E-state index contributed by atoms with van der Waals surface area (Å²) in [5.74, 6) is 1.43. The lowest BCUT2D eigenvalue weighted by Crippen LogP contribution is -2.53. The van der Waals surface area contributed by atoms with E-state index in [1.54, 1.807) is 0 Å². The topological polar surface area (TPSA) is 16.1 Å². The maximum atomic E-state index is 4.47. The number of benzene rings is 1. The zero-order valence-corrected chi connectivity index (χ0v) is 12.9. The van der Waals surface area contributed by atoms with Crippen LogP contribution in [-0.2, 0) is 0 Å². The Morgan fingerprint density at radius 3 is 2.91 bits per heavy atom. The molecule has 0 saturated carbocycles. The zero-order valence-electron chi connectivity index (χ0n) is 12.9. The van der Waals surface area contributed by atoms with Gasteiger partial charge in [-0.1, -0.05) is 30.9 Å². The SMILES string of the molecule is C=CC1CN2CCC1CC2C(=C)c1ccnc2ccccc12. The molecule has 4 unspecified atom stereocenters. The molecule has 0 radical (unpaired) electrons. The Morgan fingerprint density at radius 1 is 1.27 bits per heavy atom. The van der Waals surface area contributed by atoms with E-state index in [1.165, 1.54) is 35.9 Å². The van der Waals surface area contributed by atoms with Crippen LogP contribution in [-0.4, -0.2) is 29.0 Å². The monoisotopic (exact) mass is 290 g/mol. The molecule has 2 aromatic rings. The summed E-state index contributed by atoms with van der Waals surface area (Å²) in [6.07, 6.45) is 6.58. The number of rotatable bonds is 3. The molecular weight excluding hydrogens is 268 g/mol. The van der Waals surface area contributed by atoms with Gasteiger partial charge in [-0.05, 0) is 54.5 Å². The van der Waals surface area contributed by atoms with Gasteiger partial charge in [0.05, 0.1) is 5.52 Å². The third-order valence-corrected chi connectivity index (χ3v) is 5.50. The van der Waals surface area contributed by atoms with E-state index in [9.17, 15) is 0 Å². The van der Waals surface area contributed by atoms with Gasteiger partial charge in [0.25, 0.3) is 0 Å². The Kier molecular flexibility index (Phi) is 3.34. The van der Waals surface area contributed by atoms with Gasteiger partial charge < -0.3 is 0 Å². The maximum absolute atomic E-state index is 4.47. The van der Waals surface area contributed by atoms with Gasteiger partial charge in [0.1, 0.15) is 0 Å². The normalized spacial score (nSPS) is 30.4. The van der Waals surface area contributed by atoms with Crippen LogP contribution in [0.25, 0.3) is 16.5 Å². The summed E-state index contributed by atoms with van der Waals surface area (Å²) in [4.78, 5) is 7.08. The van der Waals surface area contributed by atoms with Crippen LogP contribution < -0.4 is 0 Å². The number of aromatic nitrogens is 1. The molecule has 0 aliphatic carbocycles. The lowest BCUT2D eigenvalue weighted by Gasteiger charge is -2.50. The van der Waals surface area contributed by atoms with Gasteiger partial charge in [-0.2, -0.15) is 0 Å². The molecule has 1 aromatic carbocycles. The third kappa shape index (κ3) is 2.10. The van der Waals surface area contributed by atoms with Crippen molar-refractivity contribution in [3.05, 3.63) is 61.3 Å². The number of fused-ring (bicyclic) bond motifs is 4. The van der Waals surface area contributed by atoms with Crippen LogP contribution in [0.2, 0.25) is 0 Å². The maximum Gasteiger partial charge on any atom is 0.0708 e. The minimum Gasteiger partial charge on any atom is -0.296 e. The van der Waals surface area contributed by atoms with Gasteiger partial charge in [0.15, 0.2) is 0 Å². The molecule has 3 aliphatic heterocycles. The summed E-state index contributed by atoms with van der Waals surface area (Å²) in [5, 5.41) is 1.22. The minimum absolute atomic E-state index is 0.473. The molecule has 0 N–H and O–H groups in total. The van der Waals surface area contributed by atoms with E-state index in [-0.39, 0.29) is 0 Å². The van der Waals surface area contributed by atoms with Crippen molar-refractivity contribution in [1.29, 1.82) is 0 Å². The average molecular weight is 290 g/mol. The molecule has 3 fully saturated rings. The number of hydrogen-bond acceptors (Lipinski definition) is 2. The highest BCUT2D eigenvalue weighted by atomic mass is 15.2. The molecular formula is C20H22N2. The Hall–Kier alpha value is -1.93. The molecule has 3 saturated heterocycles.